The summed E-state index contributed by atoms with van der Waals surface area (Å²) in [7, 11) is 0. The number of hydrogen-bond acceptors (Lipinski definition) is 4. The van der Waals surface area contributed by atoms with Crippen LogP contribution in [0.3, 0.4) is 0 Å². The van der Waals surface area contributed by atoms with Gasteiger partial charge in [-0.2, -0.15) is 11.8 Å². The van der Waals surface area contributed by atoms with E-state index in [0.717, 1.165) is 16.9 Å². The van der Waals surface area contributed by atoms with E-state index in [2.05, 4.69) is 0 Å². The molecule has 3 unspecified atom stereocenters. The van der Waals surface area contributed by atoms with Crippen LogP contribution in [0.2, 0.25) is 0 Å². The number of urea groups is 1. The van der Waals surface area contributed by atoms with Crippen molar-refractivity contribution in [3.8, 4) is 0 Å². The normalized spacial score (nSPS) is 22.1. The van der Waals surface area contributed by atoms with Crippen molar-refractivity contribution in [2.24, 2.45) is 5.92 Å². The predicted molar refractivity (Wildman–Crippen MR) is 126 cm³/mol. The number of aliphatic carboxylic acids is 2. The molecule has 4 rings (SSSR count). The number of amides is 2. The molecule has 0 spiro atoms. The van der Waals surface area contributed by atoms with Crippen LogP contribution in [0.25, 0.3) is 0 Å². The topological polar surface area (TPSA) is 98.2 Å². The number of fused-ring (bicyclic) bond motifs is 1. The highest BCUT2D eigenvalue weighted by Crippen LogP contribution is 2.42. The fourth-order valence-electron chi connectivity index (χ4n) is 4.83. The highest BCUT2D eigenvalue weighted by Gasteiger charge is 2.52. The molecule has 2 saturated heterocycles. The molecule has 0 bridgehead atoms. The smallest absolute Gasteiger partial charge is 0.321 e. The zero-order valence-corrected chi connectivity index (χ0v) is 19.1. The minimum absolute atomic E-state index is 0.0134. The van der Waals surface area contributed by atoms with Crippen molar-refractivity contribution in [1.82, 2.24) is 9.80 Å². The summed E-state index contributed by atoms with van der Waals surface area (Å²) in [4.78, 5) is 39.9. The van der Waals surface area contributed by atoms with Crippen molar-refractivity contribution >= 4 is 29.7 Å². The zero-order valence-electron chi connectivity index (χ0n) is 18.2. The number of thioether (sulfide) groups is 1. The molecule has 0 aromatic heterocycles. The first-order valence-electron chi connectivity index (χ1n) is 11.2. The summed E-state index contributed by atoms with van der Waals surface area (Å²) in [5, 5.41) is 18.5. The average Bonchev–Trinajstić information content (AvgIpc) is 3.32. The quantitative estimate of drug-likeness (QED) is 0.405. The number of nitrogens with zero attached hydrogens (tertiary/aromatic N) is 2. The number of carboxylic acid groups (broad SMARTS) is 2. The maximum absolute atomic E-state index is 13.5. The Morgan fingerprint density at radius 2 is 1.45 bits per heavy atom. The van der Waals surface area contributed by atoms with Gasteiger partial charge in [-0.3, -0.25) is 9.59 Å². The maximum atomic E-state index is 13.5. The first-order chi connectivity index (χ1) is 16.0. The second kappa shape index (κ2) is 10.3. The van der Waals surface area contributed by atoms with Crippen LogP contribution in [-0.2, 0) is 22.7 Å². The molecule has 174 valence electrons. The first-order valence-corrected chi connectivity index (χ1v) is 12.2. The molecule has 2 amide bonds. The van der Waals surface area contributed by atoms with E-state index < -0.39 is 17.9 Å². The van der Waals surface area contributed by atoms with Crippen LogP contribution < -0.4 is 0 Å². The van der Waals surface area contributed by atoms with E-state index in [4.69, 9.17) is 10.2 Å². The van der Waals surface area contributed by atoms with Gasteiger partial charge in [-0.15, -0.1) is 0 Å². The van der Waals surface area contributed by atoms with Gasteiger partial charge in [-0.1, -0.05) is 67.1 Å². The van der Waals surface area contributed by atoms with Crippen LogP contribution in [-0.4, -0.2) is 61.1 Å². The molecule has 2 N–H and O–H groups in total. The molecule has 2 aromatic rings. The number of hydrogen-bond donors (Lipinski definition) is 2. The molecule has 8 heteroatoms. The van der Waals surface area contributed by atoms with Gasteiger partial charge in [-0.25, -0.2) is 4.79 Å². The van der Waals surface area contributed by atoms with Crippen LogP contribution in [0.5, 0.6) is 0 Å². The van der Waals surface area contributed by atoms with Crippen molar-refractivity contribution < 1.29 is 24.6 Å². The Hall–Kier alpha value is -3.00. The predicted octanol–water partition coefficient (Wildman–Crippen LogP) is 3.93. The summed E-state index contributed by atoms with van der Waals surface area (Å²) < 4.78 is 0. The Balaban J connectivity index is 1.51. The molecule has 7 nitrogen and oxygen atoms in total. The summed E-state index contributed by atoms with van der Waals surface area (Å²) in [6.45, 7) is 1.08. The molecule has 3 atom stereocenters. The van der Waals surface area contributed by atoms with E-state index in [9.17, 15) is 14.4 Å². The number of carbonyl (C=O) groups is 3. The monoisotopic (exact) mass is 468 g/mol. The third kappa shape index (κ3) is 5.16. The first kappa shape index (κ1) is 23.2. The van der Waals surface area contributed by atoms with Crippen molar-refractivity contribution in [2.45, 2.75) is 49.7 Å². The highest BCUT2D eigenvalue weighted by molar-refractivity contribution is 8.00. The SMILES string of the molecule is O=C(O)C(CCCC1SCC2C1N(Cc1ccccc1)C(=O)N2Cc1ccccc1)C(=O)O. The van der Waals surface area contributed by atoms with E-state index in [1.807, 2.05) is 70.5 Å². The van der Waals surface area contributed by atoms with Gasteiger partial charge in [0.25, 0.3) is 0 Å². The summed E-state index contributed by atoms with van der Waals surface area (Å²) in [6, 6.07) is 20.0. The van der Waals surface area contributed by atoms with Crippen molar-refractivity contribution in [3.63, 3.8) is 0 Å². The van der Waals surface area contributed by atoms with Gasteiger partial charge < -0.3 is 20.0 Å². The van der Waals surface area contributed by atoms with E-state index in [0.29, 0.717) is 25.9 Å². The Bertz CT molecular complexity index is 973. The average molecular weight is 469 g/mol. The zero-order chi connectivity index (χ0) is 23.4. The number of carbonyl (C=O) groups excluding carboxylic acids is 1. The third-order valence-corrected chi connectivity index (χ3v) is 7.95. The fraction of sp³-hybridized carbons (Fsp3) is 0.400. The van der Waals surface area contributed by atoms with Gasteiger partial charge in [0.15, 0.2) is 5.92 Å². The largest absolute Gasteiger partial charge is 0.481 e. The molecule has 2 aliphatic rings. The maximum Gasteiger partial charge on any atom is 0.321 e. The minimum Gasteiger partial charge on any atom is -0.481 e. The van der Waals surface area contributed by atoms with Gasteiger partial charge in [0.2, 0.25) is 0 Å². The Labute approximate surface area is 197 Å². The van der Waals surface area contributed by atoms with Gasteiger partial charge in [0.1, 0.15) is 0 Å². The van der Waals surface area contributed by atoms with Crippen molar-refractivity contribution in [3.05, 3.63) is 71.8 Å². The van der Waals surface area contributed by atoms with E-state index >= 15 is 0 Å². The lowest BCUT2D eigenvalue weighted by atomic mass is 9.97. The standard InChI is InChI=1S/C25H28N2O5S/c28-23(29)19(24(30)31)12-7-13-21-22-20(16-33-21)26(14-17-8-3-1-4-9-17)25(32)27(22)15-18-10-5-2-6-11-18/h1-6,8-11,19-22H,7,12-16H2,(H,28,29)(H,30,31). The molecule has 33 heavy (non-hydrogen) atoms. The van der Waals surface area contributed by atoms with Crippen LogP contribution in [0.1, 0.15) is 30.4 Å². The summed E-state index contributed by atoms with van der Waals surface area (Å²) >= 11 is 1.80. The molecule has 2 heterocycles. The molecular formula is C25H28N2O5S. The Kier molecular flexibility index (Phi) is 7.23. The number of benzene rings is 2. The minimum atomic E-state index is -1.38. The second-order valence-corrected chi connectivity index (χ2v) is 9.87. The second-order valence-electron chi connectivity index (χ2n) is 8.60. The third-order valence-electron chi connectivity index (χ3n) is 6.48. The fourth-order valence-corrected chi connectivity index (χ4v) is 6.51. The van der Waals surface area contributed by atoms with Gasteiger partial charge in [0, 0.05) is 24.1 Å². The lowest BCUT2D eigenvalue weighted by molar-refractivity contribution is -0.154. The number of carboxylic acids is 2. The van der Waals surface area contributed by atoms with E-state index in [1.54, 1.807) is 11.8 Å². The van der Waals surface area contributed by atoms with Crippen molar-refractivity contribution in [2.75, 3.05) is 5.75 Å². The lowest BCUT2D eigenvalue weighted by Crippen LogP contribution is -2.40. The van der Waals surface area contributed by atoms with Crippen LogP contribution >= 0.6 is 11.8 Å². The number of rotatable bonds is 10. The molecule has 0 aliphatic carbocycles. The van der Waals surface area contributed by atoms with Crippen LogP contribution in [0.4, 0.5) is 4.79 Å². The van der Waals surface area contributed by atoms with E-state index in [1.165, 1.54) is 0 Å². The molecule has 0 saturated carbocycles. The molecule has 2 fully saturated rings. The Morgan fingerprint density at radius 3 is 2.00 bits per heavy atom. The summed E-state index contributed by atoms with van der Waals surface area (Å²) in [6.07, 6.45) is 1.27. The molecular weight excluding hydrogens is 440 g/mol. The van der Waals surface area contributed by atoms with Crippen LogP contribution in [0.15, 0.2) is 60.7 Å². The van der Waals surface area contributed by atoms with E-state index in [-0.39, 0.29) is 29.8 Å². The van der Waals surface area contributed by atoms with Crippen molar-refractivity contribution in [1.29, 1.82) is 0 Å². The Morgan fingerprint density at radius 1 is 0.909 bits per heavy atom. The summed E-state index contributed by atoms with van der Waals surface area (Å²) in [5.74, 6) is -3.15. The summed E-state index contributed by atoms with van der Waals surface area (Å²) in [5.41, 5.74) is 2.16. The van der Waals surface area contributed by atoms with Gasteiger partial charge in [0.05, 0.1) is 12.1 Å². The lowest BCUT2D eigenvalue weighted by Gasteiger charge is -2.27. The van der Waals surface area contributed by atoms with Crippen LogP contribution in [0, 0.1) is 5.92 Å². The molecule has 2 aliphatic heterocycles. The van der Waals surface area contributed by atoms with Gasteiger partial charge >= 0.3 is 18.0 Å². The highest BCUT2D eigenvalue weighted by atomic mass is 32.2. The molecule has 0 radical (unpaired) electrons. The van der Waals surface area contributed by atoms with Gasteiger partial charge in [-0.05, 0) is 24.0 Å². The molecule has 2 aromatic carbocycles.